The number of rotatable bonds is 3. The molecule has 3 rings (SSSR count). The van der Waals surface area contributed by atoms with Gasteiger partial charge in [0.15, 0.2) is 0 Å². The molecule has 2 aliphatic rings. The number of nitrogens with one attached hydrogen (secondary N) is 1. The smallest absolute Gasteiger partial charge is 0.329 e. The molecule has 2 amide bonds. The fourth-order valence-electron chi connectivity index (χ4n) is 2.28. The highest BCUT2D eigenvalue weighted by Gasteiger charge is 2.36. The fraction of sp³-hybridized carbons (Fsp3) is 0.615. The summed E-state index contributed by atoms with van der Waals surface area (Å²) in [7, 11) is 0. The molecule has 1 aliphatic carbocycles. The minimum Gasteiger partial charge on any atom is -0.329 e. The number of alkyl halides is 3. The maximum atomic E-state index is 12.0. The van der Waals surface area contributed by atoms with Gasteiger partial charge < -0.3 is 10.2 Å². The van der Waals surface area contributed by atoms with Crippen molar-refractivity contribution in [1.82, 2.24) is 20.2 Å². The van der Waals surface area contributed by atoms with Gasteiger partial charge in [0.1, 0.15) is 12.4 Å². The van der Waals surface area contributed by atoms with Crippen LogP contribution in [-0.2, 0) is 0 Å². The molecular formula is C13H15F3N4O. The molecule has 8 heteroatoms. The third-order valence-electron chi connectivity index (χ3n) is 3.71. The van der Waals surface area contributed by atoms with E-state index in [0.29, 0.717) is 24.8 Å². The predicted octanol–water partition coefficient (Wildman–Crippen LogP) is 2.03. The SMILES string of the molecule is O=C(NCC(F)(F)F)N1CC(c2ncc(C3CC3)cn2)C1. The molecule has 0 atom stereocenters. The van der Waals surface area contributed by atoms with Crippen molar-refractivity contribution in [3.05, 3.63) is 23.8 Å². The van der Waals surface area contributed by atoms with E-state index in [-0.39, 0.29) is 5.92 Å². The number of aromatic nitrogens is 2. The standard InChI is InChI=1S/C13H15F3N4O/c14-13(15,16)7-19-12(21)20-5-10(6-20)11-17-3-9(4-18-11)8-1-2-8/h3-4,8,10H,1-2,5-7H2,(H,19,21). The number of hydrogen-bond acceptors (Lipinski definition) is 3. The lowest BCUT2D eigenvalue weighted by Crippen LogP contribution is -2.54. The maximum absolute atomic E-state index is 12.0. The summed E-state index contributed by atoms with van der Waals surface area (Å²) in [4.78, 5) is 21.4. The summed E-state index contributed by atoms with van der Waals surface area (Å²) in [5, 5.41) is 1.85. The summed E-state index contributed by atoms with van der Waals surface area (Å²) in [6.07, 6.45) is 1.60. The Morgan fingerprint density at radius 2 is 1.86 bits per heavy atom. The number of carbonyl (C=O) groups is 1. The van der Waals surface area contributed by atoms with Gasteiger partial charge in [-0.1, -0.05) is 0 Å². The highest BCUT2D eigenvalue weighted by atomic mass is 19.4. The lowest BCUT2D eigenvalue weighted by atomic mass is 9.99. The van der Waals surface area contributed by atoms with Crippen molar-refractivity contribution in [3.63, 3.8) is 0 Å². The summed E-state index contributed by atoms with van der Waals surface area (Å²) in [6.45, 7) is -0.599. The van der Waals surface area contributed by atoms with Crippen molar-refractivity contribution < 1.29 is 18.0 Å². The van der Waals surface area contributed by atoms with Crippen LogP contribution in [0.5, 0.6) is 0 Å². The number of likely N-dealkylation sites (tertiary alicyclic amines) is 1. The molecule has 0 aromatic carbocycles. The minimum atomic E-state index is -4.39. The van der Waals surface area contributed by atoms with E-state index in [9.17, 15) is 18.0 Å². The molecule has 2 fully saturated rings. The number of hydrogen-bond donors (Lipinski definition) is 1. The Balaban J connectivity index is 1.47. The normalized spacial score (nSPS) is 19.3. The number of amides is 2. The molecule has 1 saturated carbocycles. The zero-order valence-corrected chi connectivity index (χ0v) is 11.2. The molecule has 1 aliphatic heterocycles. The third-order valence-corrected chi connectivity index (χ3v) is 3.71. The van der Waals surface area contributed by atoms with Crippen LogP contribution in [0.2, 0.25) is 0 Å². The van der Waals surface area contributed by atoms with Gasteiger partial charge in [0.05, 0.1) is 5.92 Å². The van der Waals surface area contributed by atoms with Gasteiger partial charge in [0, 0.05) is 25.5 Å². The van der Waals surface area contributed by atoms with E-state index in [1.807, 2.05) is 17.7 Å². The molecule has 0 spiro atoms. The van der Waals surface area contributed by atoms with Gasteiger partial charge >= 0.3 is 12.2 Å². The third kappa shape index (κ3) is 3.43. The van der Waals surface area contributed by atoms with Crippen molar-refractivity contribution in [3.8, 4) is 0 Å². The predicted molar refractivity (Wildman–Crippen MR) is 67.8 cm³/mol. The highest BCUT2D eigenvalue weighted by Crippen LogP contribution is 2.39. The second kappa shape index (κ2) is 5.16. The molecule has 0 unspecified atom stereocenters. The van der Waals surface area contributed by atoms with E-state index in [0.717, 1.165) is 5.56 Å². The molecule has 0 bridgehead atoms. The van der Waals surface area contributed by atoms with Crippen LogP contribution < -0.4 is 5.32 Å². The largest absolute Gasteiger partial charge is 0.405 e. The zero-order chi connectivity index (χ0) is 15.0. The Bertz CT molecular complexity index is 521. The zero-order valence-electron chi connectivity index (χ0n) is 11.2. The second-order valence-corrected chi connectivity index (χ2v) is 5.52. The Kier molecular flexibility index (Phi) is 3.46. The van der Waals surface area contributed by atoms with Crippen molar-refractivity contribution in [2.75, 3.05) is 19.6 Å². The second-order valence-electron chi connectivity index (χ2n) is 5.52. The van der Waals surface area contributed by atoms with E-state index in [1.54, 1.807) is 0 Å². The summed E-state index contributed by atoms with van der Waals surface area (Å²) < 4.78 is 36.0. The molecular weight excluding hydrogens is 285 g/mol. The van der Waals surface area contributed by atoms with Crippen LogP contribution in [0.3, 0.4) is 0 Å². The van der Waals surface area contributed by atoms with Gasteiger partial charge in [0.2, 0.25) is 0 Å². The topological polar surface area (TPSA) is 58.1 Å². The van der Waals surface area contributed by atoms with Gasteiger partial charge in [-0.25, -0.2) is 14.8 Å². The van der Waals surface area contributed by atoms with E-state index in [1.165, 1.54) is 17.7 Å². The summed E-state index contributed by atoms with van der Waals surface area (Å²) in [5.41, 5.74) is 1.14. The van der Waals surface area contributed by atoms with Gasteiger partial charge in [-0.15, -0.1) is 0 Å². The van der Waals surface area contributed by atoms with Crippen molar-refractivity contribution in [2.24, 2.45) is 0 Å². The first kappa shape index (κ1) is 14.1. The molecule has 1 aromatic rings. The molecule has 2 heterocycles. The first-order valence-electron chi connectivity index (χ1n) is 6.84. The van der Waals surface area contributed by atoms with Crippen LogP contribution in [-0.4, -0.2) is 46.7 Å². The Morgan fingerprint density at radius 1 is 1.24 bits per heavy atom. The quantitative estimate of drug-likeness (QED) is 0.929. The average molecular weight is 300 g/mol. The van der Waals surface area contributed by atoms with Gasteiger partial charge in [0.25, 0.3) is 0 Å². The summed E-state index contributed by atoms with van der Waals surface area (Å²) in [6, 6.07) is -0.696. The number of halogens is 3. The van der Waals surface area contributed by atoms with Crippen LogP contribution in [0.15, 0.2) is 12.4 Å². The molecule has 0 radical (unpaired) electrons. The Hall–Kier alpha value is -1.86. The first-order chi connectivity index (χ1) is 9.92. The number of carbonyl (C=O) groups excluding carboxylic acids is 1. The fourth-order valence-corrected chi connectivity index (χ4v) is 2.28. The first-order valence-corrected chi connectivity index (χ1v) is 6.84. The summed E-state index contributed by atoms with van der Waals surface area (Å²) >= 11 is 0. The average Bonchev–Trinajstić information content (AvgIpc) is 3.19. The van der Waals surface area contributed by atoms with Crippen LogP contribution in [0.4, 0.5) is 18.0 Å². The summed E-state index contributed by atoms with van der Waals surface area (Å²) in [5.74, 6) is 1.25. The van der Waals surface area contributed by atoms with Gasteiger partial charge in [-0.05, 0) is 24.3 Å². The van der Waals surface area contributed by atoms with Crippen LogP contribution in [0, 0.1) is 0 Å². The van der Waals surface area contributed by atoms with Gasteiger partial charge in [-0.3, -0.25) is 0 Å². The van der Waals surface area contributed by atoms with E-state index >= 15 is 0 Å². The monoisotopic (exact) mass is 300 g/mol. The lowest BCUT2D eigenvalue weighted by molar-refractivity contribution is -0.123. The van der Waals surface area contributed by atoms with Crippen LogP contribution >= 0.6 is 0 Å². The lowest BCUT2D eigenvalue weighted by Gasteiger charge is -2.38. The molecule has 1 aromatic heterocycles. The number of nitrogens with zero attached hydrogens (tertiary/aromatic N) is 3. The van der Waals surface area contributed by atoms with Crippen molar-refractivity contribution in [2.45, 2.75) is 30.9 Å². The van der Waals surface area contributed by atoms with Crippen molar-refractivity contribution >= 4 is 6.03 Å². The molecule has 1 saturated heterocycles. The molecule has 21 heavy (non-hydrogen) atoms. The Labute approximate surface area is 119 Å². The highest BCUT2D eigenvalue weighted by molar-refractivity contribution is 5.75. The number of urea groups is 1. The van der Waals surface area contributed by atoms with E-state index < -0.39 is 18.8 Å². The maximum Gasteiger partial charge on any atom is 0.405 e. The van der Waals surface area contributed by atoms with Crippen LogP contribution in [0.1, 0.15) is 36.1 Å². The van der Waals surface area contributed by atoms with Gasteiger partial charge in [-0.2, -0.15) is 13.2 Å². The molecule has 114 valence electrons. The van der Waals surface area contributed by atoms with Crippen molar-refractivity contribution in [1.29, 1.82) is 0 Å². The van der Waals surface area contributed by atoms with Crippen LogP contribution in [0.25, 0.3) is 0 Å². The van der Waals surface area contributed by atoms with E-state index in [4.69, 9.17) is 0 Å². The Morgan fingerprint density at radius 3 is 2.38 bits per heavy atom. The minimum absolute atomic E-state index is 0.00916. The molecule has 1 N–H and O–H groups in total. The molecule has 5 nitrogen and oxygen atoms in total. The van der Waals surface area contributed by atoms with E-state index in [2.05, 4.69) is 9.97 Å².